The Labute approximate surface area is 632 Å². The van der Waals surface area contributed by atoms with Gasteiger partial charge in [-0.2, -0.15) is 0 Å². The first-order chi connectivity index (χ1) is 49.7. The van der Waals surface area contributed by atoms with Crippen molar-refractivity contribution >= 4 is 39.5 Å². The van der Waals surface area contributed by atoms with Gasteiger partial charge in [-0.05, 0) is 43.4 Å². The van der Waals surface area contributed by atoms with Gasteiger partial charge >= 0.3 is 39.5 Å². The molecule has 17 nitrogen and oxygen atoms in total. The van der Waals surface area contributed by atoms with E-state index < -0.39 is 97.5 Å². The molecule has 0 amide bonds. The minimum absolute atomic E-state index is 0.106. The summed E-state index contributed by atoms with van der Waals surface area (Å²) in [4.78, 5) is 73.1. The normalized spacial score (nSPS) is 13.9. The Kier molecular flexibility index (Phi) is 72.8. The van der Waals surface area contributed by atoms with Gasteiger partial charge in [-0.1, -0.05) is 389 Å². The molecule has 0 radical (unpaired) electrons. The molecule has 0 rings (SSSR count). The molecule has 2 unspecified atom stereocenters. The van der Waals surface area contributed by atoms with Gasteiger partial charge in [0.15, 0.2) is 12.2 Å². The van der Waals surface area contributed by atoms with E-state index in [1.165, 1.54) is 250 Å². The van der Waals surface area contributed by atoms with Crippen LogP contribution in [0.1, 0.15) is 440 Å². The Morgan fingerprint density at radius 3 is 0.660 bits per heavy atom. The molecule has 0 saturated heterocycles. The molecule has 0 aromatic heterocycles. The van der Waals surface area contributed by atoms with E-state index in [4.69, 9.17) is 37.0 Å². The second-order valence-corrected chi connectivity index (χ2v) is 34.6. The van der Waals surface area contributed by atoms with Crippen molar-refractivity contribution in [3.63, 3.8) is 0 Å². The highest BCUT2D eigenvalue weighted by Gasteiger charge is 2.30. The predicted octanol–water partition coefficient (Wildman–Crippen LogP) is 25.3. The third-order valence-corrected chi connectivity index (χ3v) is 21.5. The summed E-state index contributed by atoms with van der Waals surface area (Å²) in [6, 6.07) is 0. The summed E-state index contributed by atoms with van der Waals surface area (Å²) in [7, 11) is -9.93. The fourth-order valence-electron chi connectivity index (χ4n) is 13.0. The summed E-state index contributed by atoms with van der Waals surface area (Å²) in [6.07, 6.45) is 63.9. The number of carbonyl (C=O) groups is 4. The number of unbranched alkanes of at least 4 members (excludes halogenated alkanes) is 50. The quantitative estimate of drug-likeness (QED) is 0.0222. The smallest absolute Gasteiger partial charge is 0.462 e. The third kappa shape index (κ3) is 78.0. The van der Waals surface area contributed by atoms with Gasteiger partial charge < -0.3 is 33.8 Å². The van der Waals surface area contributed by atoms with Crippen molar-refractivity contribution in [2.45, 2.75) is 458 Å². The van der Waals surface area contributed by atoms with Gasteiger partial charge in [-0.15, -0.1) is 0 Å². The van der Waals surface area contributed by atoms with E-state index in [1.54, 1.807) is 0 Å². The van der Waals surface area contributed by atoms with E-state index in [-0.39, 0.29) is 25.7 Å². The Morgan fingerprint density at radius 1 is 0.262 bits per heavy atom. The number of rotatable bonds is 82. The molecule has 0 aliphatic carbocycles. The van der Waals surface area contributed by atoms with Gasteiger partial charge in [0.2, 0.25) is 0 Å². The van der Waals surface area contributed by atoms with E-state index in [0.717, 1.165) is 108 Å². The topological polar surface area (TPSA) is 237 Å². The summed E-state index contributed by atoms with van der Waals surface area (Å²) in [5.74, 6) is 0.209. The average molecular weight is 1510 g/mol. The molecule has 5 atom stereocenters. The summed E-state index contributed by atoms with van der Waals surface area (Å²) in [5, 5.41) is 10.7. The lowest BCUT2D eigenvalue weighted by atomic mass is 10.0. The van der Waals surface area contributed by atoms with Crippen molar-refractivity contribution in [2.75, 3.05) is 39.6 Å². The average Bonchev–Trinajstić information content (AvgIpc) is 0.907. The molecule has 0 fully saturated rings. The van der Waals surface area contributed by atoms with Crippen LogP contribution < -0.4 is 0 Å². The van der Waals surface area contributed by atoms with Crippen LogP contribution in [0.3, 0.4) is 0 Å². The van der Waals surface area contributed by atoms with Crippen LogP contribution in [-0.2, 0) is 65.4 Å². The zero-order valence-electron chi connectivity index (χ0n) is 67.8. The van der Waals surface area contributed by atoms with Crippen LogP contribution in [-0.4, -0.2) is 96.7 Å². The molecule has 0 aromatic rings. The predicted molar refractivity (Wildman–Crippen MR) is 423 cm³/mol. The number of ether oxygens (including phenoxy) is 4. The maximum atomic E-state index is 13.1. The largest absolute Gasteiger partial charge is 0.472 e. The lowest BCUT2D eigenvalue weighted by Crippen LogP contribution is -2.30. The van der Waals surface area contributed by atoms with Crippen LogP contribution in [0.15, 0.2) is 0 Å². The minimum atomic E-state index is -4.96. The van der Waals surface area contributed by atoms with E-state index >= 15 is 0 Å². The molecule has 0 aliphatic heterocycles. The third-order valence-electron chi connectivity index (χ3n) is 19.6. The second-order valence-electron chi connectivity index (χ2n) is 31.6. The molecule has 0 heterocycles. The lowest BCUT2D eigenvalue weighted by molar-refractivity contribution is -0.161. The highest BCUT2D eigenvalue weighted by Crippen LogP contribution is 2.45. The van der Waals surface area contributed by atoms with E-state index in [0.29, 0.717) is 25.7 Å². The number of hydrogen-bond acceptors (Lipinski definition) is 15. The number of esters is 4. The van der Waals surface area contributed by atoms with Crippen LogP contribution in [0.5, 0.6) is 0 Å². The molecule has 3 N–H and O–H groups in total. The zero-order valence-corrected chi connectivity index (χ0v) is 69.6. The number of carbonyl (C=O) groups excluding carboxylic acids is 4. The Balaban J connectivity index is 5.24. The first-order valence-electron chi connectivity index (χ1n) is 43.3. The van der Waals surface area contributed by atoms with Gasteiger partial charge in [0.1, 0.15) is 19.3 Å². The van der Waals surface area contributed by atoms with Gasteiger partial charge in [-0.3, -0.25) is 37.3 Å². The van der Waals surface area contributed by atoms with Crippen LogP contribution in [0.2, 0.25) is 0 Å². The van der Waals surface area contributed by atoms with Crippen molar-refractivity contribution in [3.8, 4) is 0 Å². The summed E-state index contributed by atoms with van der Waals surface area (Å²) in [5.41, 5.74) is 0. The Hall–Kier alpha value is -1.94. The molecule has 0 aliphatic rings. The monoisotopic (exact) mass is 1510 g/mol. The van der Waals surface area contributed by atoms with Crippen molar-refractivity contribution in [1.29, 1.82) is 0 Å². The van der Waals surface area contributed by atoms with Crippen molar-refractivity contribution < 1.29 is 80.2 Å². The SMILES string of the molecule is CCCCCCCCCCCCCCCCCCCC(=O)OC[C@H](COP(=O)(O)OC[C@@H](O)COP(=O)(O)OC[C@@H](COC(=O)CCCCCCCCCCCC(C)C)OC(=O)CCCCCCCCCCCCC(C)C)OC(=O)CCCCCCCCCCCCCCCCCCCCC(C)C. The van der Waals surface area contributed by atoms with Crippen molar-refractivity contribution in [2.24, 2.45) is 17.8 Å². The van der Waals surface area contributed by atoms with Crippen molar-refractivity contribution in [1.82, 2.24) is 0 Å². The summed E-state index contributed by atoms with van der Waals surface area (Å²) < 4.78 is 68.8. The number of aliphatic hydroxyl groups is 1. The number of phosphoric ester groups is 2. The van der Waals surface area contributed by atoms with Gasteiger partial charge in [0, 0.05) is 25.7 Å². The molecular weight excluding hydrogens is 1340 g/mol. The molecule has 0 saturated carbocycles. The Morgan fingerprint density at radius 2 is 0.447 bits per heavy atom. The molecule has 0 aromatic carbocycles. The number of aliphatic hydroxyl groups excluding tert-OH is 1. The molecule has 103 heavy (non-hydrogen) atoms. The first-order valence-corrected chi connectivity index (χ1v) is 46.3. The van der Waals surface area contributed by atoms with Crippen LogP contribution in [0, 0.1) is 17.8 Å². The van der Waals surface area contributed by atoms with E-state index in [9.17, 15) is 43.2 Å². The summed E-state index contributed by atoms with van der Waals surface area (Å²) >= 11 is 0. The van der Waals surface area contributed by atoms with Gasteiger partial charge in [-0.25, -0.2) is 9.13 Å². The standard InChI is InChI=1S/C84H164O17P2/c1-8-9-10-11-12-13-14-15-16-19-23-26-29-37-44-51-58-65-81(86)94-71-79(100-83(88)67-60-53-46-38-30-27-24-21-18-17-20-22-25-28-34-41-48-55-62-75(2)3)73-98-102(90,91)96-69-78(85)70-97-103(92,93)99-74-80(72-95-82(87)66-59-52-45-40-33-36-43-50-57-64-77(6)7)101-84(89)68-61-54-47-39-32-31-35-42-49-56-63-76(4)5/h75-80,85H,8-74H2,1-7H3,(H,90,91)(H,92,93)/t78-,79-,80-/m1/s1. The van der Waals surface area contributed by atoms with E-state index in [1.807, 2.05) is 0 Å². The number of hydrogen-bond donors (Lipinski definition) is 3. The van der Waals surface area contributed by atoms with Gasteiger partial charge in [0.25, 0.3) is 0 Å². The second kappa shape index (κ2) is 74.2. The molecule has 0 bridgehead atoms. The first kappa shape index (κ1) is 101. The lowest BCUT2D eigenvalue weighted by Gasteiger charge is -2.21. The molecule has 0 spiro atoms. The molecular formula is C84H164O17P2. The van der Waals surface area contributed by atoms with Crippen LogP contribution >= 0.6 is 15.6 Å². The highest BCUT2D eigenvalue weighted by atomic mass is 31.2. The molecule has 612 valence electrons. The fraction of sp³-hybridized carbons (Fsp3) is 0.952. The maximum absolute atomic E-state index is 13.1. The Bertz CT molecular complexity index is 1990. The van der Waals surface area contributed by atoms with E-state index in [2.05, 4.69) is 48.5 Å². The fourth-order valence-corrected chi connectivity index (χ4v) is 14.6. The summed E-state index contributed by atoms with van der Waals surface area (Å²) in [6.45, 7) is 12.0. The van der Waals surface area contributed by atoms with Crippen LogP contribution in [0.4, 0.5) is 0 Å². The number of phosphoric acid groups is 2. The highest BCUT2D eigenvalue weighted by molar-refractivity contribution is 7.47. The van der Waals surface area contributed by atoms with Crippen molar-refractivity contribution in [3.05, 3.63) is 0 Å². The minimum Gasteiger partial charge on any atom is -0.462 e. The van der Waals surface area contributed by atoms with Gasteiger partial charge in [0.05, 0.1) is 26.4 Å². The molecule has 19 heteroatoms. The maximum Gasteiger partial charge on any atom is 0.472 e. The zero-order chi connectivity index (χ0) is 75.8. The van der Waals surface area contributed by atoms with Crippen LogP contribution in [0.25, 0.3) is 0 Å².